The molecule has 12 heteroatoms. The molecule has 0 aromatic heterocycles. The number of aliphatic carboxylic acids is 2. The molecule has 30 heavy (non-hydrogen) atoms. The van der Waals surface area contributed by atoms with E-state index in [1.807, 2.05) is 0 Å². The summed E-state index contributed by atoms with van der Waals surface area (Å²) >= 11 is 1.19. The second kappa shape index (κ2) is 12.8. The van der Waals surface area contributed by atoms with Crippen LogP contribution < -0.4 is 10.9 Å². The van der Waals surface area contributed by atoms with Gasteiger partial charge < -0.3 is 15.6 Å². The van der Waals surface area contributed by atoms with Crippen LogP contribution in [0.3, 0.4) is 0 Å². The molecule has 9 nitrogen and oxygen atoms in total. The zero-order valence-electron chi connectivity index (χ0n) is 15.1. The maximum atomic E-state index is 12.0. The summed E-state index contributed by atoms with van der Waals surface area (Å²) in [5, 5.41) is 18.2. The van der Waals surface area contributed by atoms with Gasteiger partial charge in [0, 0.05) is 57.7 Å². The number of carboxylic acids is 2. The van der Waals surface area contributed by atoms with Crippen molar-refractivity contribution >= 4 is 40.4 Å². The fourth-order valence-electron chi connectivity index (χ4n) is 2.10. The molecule has 0 aromatic carbocycles. The van der Waals surface area contributed by atoms with Gasteiger partial charge in [-0.15, -0.1) is 0 Å². The van der Waals surface area contributed by atoms with Gasteiger partial charge in [0.1, 0.15) is 11.1 Å². The van der Waals surface area contributed by atoms with Crippen molar-refractivity contribution in [3.05, 3.63) is 71.1 Å². The molecule has 0 atom stereocenters. The number of aliphatic imine (C=N–C) groups is 1. The summed E-state index contributed by atoms with van der Waals surface area (Å²) in [5.74, 6) is -3.92. The molecule has 0 saturated heterocycles. The largest absolute Gasteiger partial charge is 0.478 e. The first-order chi connectivity index (χ1) is 13.3. The number of carboxylic acid groups (broad SMARTS) is 2. The molecule has 0 saturated carbocycles. The van der Waals surface area contributed by atoms with Crippen molar-refractivity contribution in [2.45, 2.75) is 0 Å². The van der Waals surface area contributed by atoms with Crippen LogP contribution >= 0.6 is 11.8 Å². The quantitative estimate of drug-likeness (QED) is 0.102. The standard InChI is InChI=1S/C18H15N3O6S.2Cu/c1-28-18(19-8-10-4-2-6-12(14(10)22)16(24)25)21-20-9-11-5-3-7-13(15(11)23)17(26)27;;/h2-9,20H,1H3,(H,19,21)(H,24,25)(H,26,27);;. The monoisotopic (exact) mass is 527 g/mol. The summed E-state index contributed by atoms with van der Waals surface area (Å²) < 4.78 is 0. The molecule has 0 aliphatic heterocycles. The van der Waals surface area contributed by atoms with E-state index in [4.69, 9.17) is 10.2 Å². The van der Waals surface area contributed by atoms with Crippen molar-refractivity contribution in [1.82, 2.24) is 10.9 Å². The topological polar surface area (TPSA) is 145 Å². The number of ketones is 2. The number of hydrogen-bond donors (Lipinski definition) is 4. The second-order valence-electron chi connectivity index (χ2n) is 5.24. The van der Waals surface area contributed by atoms with E-state index >= 15 is 0 Å². The first-order valence-corrected chi connectivity index (χ1v) is 8.94. The van der Waals surface area contributed by atoms with Crippen LogP contribution in [0, 0.1) is 0 Å². The zero-order valence-corrected chi connectivity index (χ0v) is 17.8. The maximum Gasteiger partial charge on any atom is 0.339 e. The summed E-state index contributed by atoms with van der Waals surface area (Å²) in [4.78, 5) is 50.0. The number of carbonyl (C=O) groups excluding carboxylic acids is 2. The number of rotatable bonds is 5. The average Bonchev–Trinajstić information content (AvgIpc) is 2.66. The molecule has 0 fully saturated rings. The molecule has 0 amide bonds. The smallest absolute Gasteiger partial charge is 0.339 e. The Morgan fingerprint density at radius 3 is 1.97 bits per heavy atom. The normalized spacial score (nSPS) is 18.2. The summed E-state index contributed by atoms with van der Waals surface area (Å²) in [6.45, 7) is 0. The Balaban J connectivity index is 0.00000420. The van der Waals surface area contributed by atoms with Gasteiger partial charge in [-0.1, -0.05) is 23.9 Å². The van der Waals surface area contributed by atoms with Crippen LogP contribution in [0.4, 0.5) is 0 Å². The van der Waals surface area contributed by atoms with E-state index in [1.165, 1.54) is 60.6 Å². The molecular weight excluding hydrogens is 513 g/mol. The van der Waals surface area contributed by atoms with Crippen LogP contribution in [0.2, 0.25) is 0 Å². The van der Waals surface area contributed by atoms with Crippen LogP contribution in [-0.4, -0.2) is 45.1 Å². The van der Waals surface area contributed by atoms with Crippen molar-refractivity contribution in [2.75, 3.05) is 6.26 Å². The fraction of sp³-hybridized carbons (Fsp3) is 0.0556. The predicted molar refractivity (Wildman–Crippen MR) is 103 cm³/mol. The minimum Gasteiger partial charge on any atom is -0.478 e. The first-order valence-electron chi connectivity index (χ1n) is 7.71. The molecular formula is C18H15Cu2N3O6S. The van der Waals surface area contributed by atoms with Crippen molar-refractivity contribution in [3.8, 4) is 0 Å². The zero-order chi connectivity index (χ0) is 20.7. The third kappa shape index (κ3) is 7.01. The average molecular weight is 528 g/mol. The summed E-state index contributed by atoms with van der Waals surface area (Å²) in [5.41, 5.74) is 4.86. The molecule has 0 aromatic rings. The Kier molecular flexibility index (Phi) is 11.7. The van der Waals surface area contributed by atoms with Crippen LogP contribution in [0.5, 0.6) is 0 Å². The number of Topliss-reactive ketones (excluding diaryl/α,β-unsaturated/α-hetero) is 2. The molecule has 0 bridgehead atoms. The minimum atomic E-state index is -1.32. The number of thioether (sulfide) groups is 1. The molecule has 0 spiro atoms. The van der Waals surface area contributed by atoms with Crippen molar-refractivity contribution in [1.29, 1.82) is 0 Å². The van der Waals surface area contributed by atoms with Crippen LogP contribution in [0.15, 0.2) is 76.1 Å². The van der Waals surface area contributed by atoms with Crippen molar-refractivity contribution in [3.63, 3.8) is 0 Å². The van der Waals surface area contributed by atoms with Crippen LogP contribution in [-0.2, 0) is 53.3 Å². The first kappa shape index (κ1) is 27.4. The summed E-state index contributed by atoms with van der Waals surface area (Å²) in [7, 11) is 0. The Hall–Kier alpha value is -2.62. The van der Waals surface area contributed by atoms with Crippen LogP contribution in [0.1, 0.15) is 0 Å². The predicted octanol–water partition coefficient (Wildman–Crippen LogP) is 0.862. The second-order valence-corrected chi connectivity index (χ2v) is 6.03. The number of nitrogens with one attached hydrogen (secondary N) is 2. The summed E-state index contributed by atoms with van der Waals surface area (Å²) in [6, 6.07) is 0. The number of hydrazine groups is 1. The molecule has 2 radical (unpaired) electrons. The fourth-order valence-corrected chi connectivity index (χ4v) is 2.42. The molecule has 0 unspecified atom stereocenters. The SMILES string of the molecule is CSC(=NC=C1C=CC=C(C(=O)O)C1=O)NNC=C1C=CC=C(C(=O)O)C1=O.[Cu].[Cu]. The number of amidine groups is 1. The maximum absolute atomic E-state index is 12.0. The number of nitrogens with zero attached hydrogens (tertiary/aromatic N) is 1. The van der Waals surface area contributed by atoms with Gasteiger partial charge in [0.05, 0.1) is 0 Å². The number of hydrogen-bond acceptors (Lipinski definition) is 7. The van der Waals surface area contributed by atoms with E-state index in [-0.39, 0.29) is 56.4 Å². The van der Waals surface area contributed by atoms with E-state index < -0.39 is 23.5 Å². The molecule has 2 rings (SSSR count). The van der Waals surface area contributed by atoms with Gasteiger partial charge >= 0.3 is 11.9 Å². The molecule has 2 aliphatic rings. The molecule has 2 aliphatic carbocycles. The third-order valence-corrected chi connectivity index (χ3v) is 4.07. The Labute approximate surface area is 196 Å². The molecule has 4 N–H and O–H groups in total. The molecule has 166 valence electrons. The van der Waals surface area contributed by atoms with Gasteiger partial charge in [-0.25, -0.2) is 14.6 Å². The van der Waals surface area contributed by atoms with Gasteiger partial charge in [-0.3, -0.25) is 15.0 Å². The Morgan fingerprint density at radius 2 is 1.47 bits per heavy atom. The van der Waals surface area contributed by atoms with E-state index in [0.717, 1.165) is 0 Å². The van der Waals surface area contributed by atoms with E-state index in [9.17, 15) is 19.2 Å². The number of allylic oxidation sites excluding steroid dienone is 8. The van der Waals surface area contributed by atoms with Crippen molar-refractivity contribution < 1.29 is 63.5 Å². The van der Waals surface area contributed by atoms with E-state index in [2.05, 4.69) is 15.8 Å². The van der Waals surface area contributed by atoms with Gasteiger partial charge in [0.25, 0.3) is 0 Å². The van der Waals surface area contributed by atoms with Crippen molar-refractivity contribution in [2.24, 2.45) is 4.99 Å². The van der Waals surface area contributed by atoms with Crippen LogP contribution in [0.25, 0.3) is 0 Å². The van der Waals surface area contributed by atoms with Gasteiger partial charge in [-0.2, -0.15) is 0 Å². The van der Waals surface area contributed by atoms with Gasteiger partial charge in [-0.05, 0) is 30.6 Å². The summed E-state index contributed by atoms with van der Waals surface area (Å²) in [6.07, 6.45) is 12.4. The Morgan fingerprint density at radius 1 is 0.967 bits per heavy atom. The van der Waals surface area contributed by atoms with Gasteiger partial charge in [0.15, 0.2) is 5.17 Å². The molecule has 0 heterocycles. The Bertz CT molecular complexity index is 961. The minimum absolute atomic E-state index is 0. The number of carbonyl (C=O) groups is 4. The van der Waals surface area contributed by atoms with Gasteiger partial charge in [0.2, 0.25) is 11.6 Å². The third-order valence-electron chi connectivity index (χ3n) is 3.47. The van der Waals surface area contributed by atoms with E-state index in [0.29, 0.717) is 5.17 Å². The van der Waals surface area contributed by atoms with E-state index in [1.54, 1.807) is 6.26 Å².